The Labute approximate surface area is 112 Å². The van der Waals surface area contributed by atoms with Crippen LogP contribution in [0.25, 0.3) is 11.1 Å². The third-order valence-electron chi connectivity index (χ3n) is 3.27. The van der Waals surface area contributed by atoms with Gasteiger partial charge in [0.1, 0.15) is 0 Å². The first kappa shape index (κ1) is 12.0. The number of hydrogen-bond donors (Lipinski definition) is 1. The van der Waals surface area contributed by atoms with Crippen molar-refractivity contribution in [2.45, 2.75) is 0 Å². The molecule has 0 radical (unpaired) electrons. The second kappa shape index (κ2) is 3.99. The number of aromatic carboxylic acids is 1. The number of fused-ring (bicyclic) bond motifs is 3. The number of carbonyl (C=O) groups is 2. The average Bonchev–Trinajstić information content (AvgIpc) is 2.72. The highest BCUT2D eigenvalue weighted by Gasteiger charge is 2.31. The third kappa shape index (κ3) is 1.51. The summed E-state index contributed by atoms with van der Waals surface area (Å²) in [4.78, 5) is 33.6. The number of nitro benzene ring substituents is 1. The number of nitro groups is 1. The molecule has 0 unspecified atom stereocenters. The SMILES string of the molecule is O=C(O)c1cccc2c1-c1ccc([N+](=O)[O-])cc1C2=O. The van der Waals surface area contributed by atoms with Gasteiger partial charge in [0.05, 0.1) is 10.5 Å². The molecule has 0 spiro atoms. The molecule has 0 aromatic heterocycles. The molecule has 0 amide bonds. The number of nitrogens with zero attached hydrogens (tertiary/aromatic N) is 1. The minimum absolute atomic E-state index is 0.0171. The normalized spacial score (nSPS) is 11.9. The monoisotopic (exact) mass is 269 g/mol. The summed E-state index contributed by atoms with van der Waals surface area (Å²) in [6, 6.07) is 8.29. The molecule has 20 heavy (non-hydrogen) atoms. The van der Waals surface area contributed by atoms with Crippen molar-refractivity contribution >= 4 is 17.4 Å². The van der Waals surface area contributed by atoms with E-state index in [2.05, 4.69) is 0 Å². The zero-order valence-electron chi connectivity index (χ0n) is 9.99. The fourth-order valence-electron chi connectivity index (χ4n) is 2.41. The molecule has 0 heterocycles. The number of carboxylic acids is 1. The Morgan fingerprint density at radius 3 is 2.50 bits per heavy atom. The van der Waals surface area contributed by atoms with Gasteiger partial charge < -0.3 is 5.11 Å². The van der Waals surface area contributed by atoms with Gasteiger partial charge in [0.2, 0.25) is 0 Å². The van der Waals surface area contributed by atoms with Crippen molar-refractivity contribution in [3.05, 3.63) is 63.2 Å². The first-order valence-corrected chi connectivity index (χ1v) is 5.70. The summed E-state index contributed by atoms with van der Waals surface area (Å²) in [5, 5.41) is 19.9. The van der Waals surface area contributed by atoms with E-state index in [1.807, 2.05) is 0 Å². The smallest absolute Gasteiger partial charge is 0.336 e. The van der Waals surface area contributed by atoms with E-state index < -0.39 is 10.9 Å². The van der Waals surface area contributed by atoms with Crippen LogP contribution in [0, 0.1) is 10.1 Å². The lowest BCUT2D eigenvalue weighted by Crippen LogP contribution is -2.00. The summed E-state index contributed by atoms with van der Waals surface area (Å²) in [7, 11) is 0. The molecular weight excluding hydrogens is 262 g/mol. The van der Waals surface area contributed by atoms with E-state index in [4.69, 9.17) is 0 Å². The first-order valence-electron chi connectivity index (χ1n) is 5.70. The van der Waals surface area contributed by atoms with Crippen LogP contribution in [0.1, 0.15) is 26.3 Å². The summed E-state index contributed by atoms with van der Waals surface area (Å²) >= 11 is 0. The Balaban J connectivity index is 2.32. The molecule has 98 valence electrons. The zero-order chi connectivity index (χ0) is 14.4. The first-order chi connectivity index (χ1) is 9.50. The van der Waals surface area contributed by atoms with Crippen molar-refractivity contribution in [3.63, 3.8) is 0 Å². The Bertz CT molecular complexity index is 794. The summed E-state index contributed by atoms with van der Waals surface area (Å²) in [6.07, 6.45) is 0. The molecule has 1 N–H and O–H groups in total. The maximum absolute atomic E-state index is 12.2. The van der Waals surface area contributed by atoms with Crippen LogP contribution in [0.3, 0.4) is 0 Å². The van der Waals surface area contributed by atoms with Crippen LogP contribution in [0.2, 0.25) is 0 Å². The standard InChI is InChI=1S/C14H7NO5/c16-13-9-2-1-3-10(14(17)18)12(9)8-5-4-7(15(19)20)6-11(8)13/h1-6H,(H,17,18). The van der Waals surface area contributed by atoms with Crippen LogP contribution in [0.15, 0.2) is 36.4 Å². The van der Waals surface area contributed by atoms with Crippen molar-refractivity contribution in [1.82, 2.24) is 0 Å². The van der Waals surface area contributed by atoms with Crippen molar-refractivity contribution in [1.29, 1.82) is 0 Å². The van der Waals surface area contributed by atoms with Gasteiger partial charge >= 0.3 is 5.97 Å². The molecule has 0 fully saturated rings. The Hall–Kier alpha value is -3.02. The largest absolute Gasteiger partial charge is 0.478 e. The van der Waals surface area contributed by atoms with Gasteiger partial charge in [-0.15, -0.1) is 0 Å². The maximum Gasteiger partial charge on any atom is 0.336 e. The molecule has 6 nitrogen and oxygen atoms in total. The Kier molecular flexibility index (Phi) is 2.40. The van der Waals surface area contributed by atoms with E-state index in [1.54, 1.807) is 0 Å². The van der Waals surface area contributed by atoms with E-state index in [0.29, 0.717) is 11.1 Å². The molecule has 0 bridgehead atoms. The van der Waals surface area contributed by atoms with E-state index in [9.17, 15) is 24.8 Å². The second-order valence-electron chi connectivity index (χ2n) is 4.35. The number of benzene rings is 2. The average molecular weight is 269 g/mol. The van der Waals surface area contributed by atoms with E-state index in [0.717, 1.165) is 0 Å². The molecular formula is C14H7NO5. The van der Waals surface area contributed by atoms with Crippen molar-refractivity contribution in [2.24, 2.45) is 0 Å². The highest BCUT2D eigenvalue weighted by molar-refractivity contribution is 6.24. The number of carboxylic acid groups (broad SMARTS) is 1. The predicted octanol–water partition coefficient (Wildman–Crippen LogP) is 2.50. The van der Waals surface area contributed by atoms with E-state index in [1.165, 1.54) is 36.4 Å². The van der Waals surface area contributed by atoms with Crippen molar-refractivity contribution in [3.8, 4) is 11.1 Å². The fourth-order valence-corrected chi connectivity index (χ4v) is 2.41. The molecule has 2 aromatic rings. The van der Waals surface area contributed by atoms with Crippen LogP contribution in [0.5, 0.6) is 0 Å². The van der Waals surface area contributed by atoms with Gasteiger partial charge in [-0.25, -0.2) is 4.79 Å². The van der Waals surface area contributed by atoms with Crippen molar-refractivity contribution in [2.75, 3.05) is 0 Å². The summed E-state index contributed by atoms with van der Waals surface area (Å²) in [6.45, 7) is 0. The molecule has 2 aromatic carbocycles. The lowest BCUT2D eigenvalue weighted by molar-refractivity contribution is -0.384. The van der Waals surface area contributed by atoms with Gasteiger partial charge in [-0.05, 0) is 17.7 Å². The molecule has 0 saturated carbocycles. The van der Waals surface area contributed by atoms with Crippen LogP contribution in [-0.4, -0.2) is 21.8 Å². The molecule has 3 rings (SSSR count). The maximum atomic E-state index is 12.2. The van der Waals surface area contributed by atoms with Crippen LogP contribution >= 0.6 is 0 Å². The highest BCUT2D eigenvalue weighted by atomic mass is 16.6. The van der Waals surface area contributed by atoms with E-state index >= 15 is 0 Å². The lowest BCUT2D eigenvalue weighted by atomic mass is 9.99. The molecule has 1 aliphatic rings. The van der Waals surface area contributed by atoms with E-state index in [-0.39, 0.29) is 28.2 Å². The quantitative estimate of drug-likeness (QED) is 0.569. The van der Waals surface area contributed by atoms with Crippen LogP contribution in [-0.2, 0) is 0 Å². The number of non-ortho nitro benzene ring substituents is 1. The second-order valence-corrected chi connectivity index (χ2v) is 4.35. The number of hydrogen-bond acceptors (Lipinski definition) is 4. The van der Waals surface area contributed by atoms with Gasteiger partial charge in [-0.2, -0.15) is 0 Å². The Morgan fingerprint density at radius 2 is 1.85 bits per heavy atom. The van der Waals surface area contributed by atoms with Gasteiger partial charge in [0, 0.05) is 28.8 Å². The molecule has 1 aliphatic carbocycles. The zero-order valence-corrected chi connectivity index (χ0v) is 9.99. The Morgan fingerprint density at radius 1 is 1.10 bits per heavy atom. The fraction of sp³-hybridized carbons (Fsp3) is 0. The minimum atomic E-state index is -1.14. The summed E-state index contributed by atoms with van der Waals surface area (Å²) in [5.74, 6) is -1.53. The predicted molar refractivity (Wildman–Crippen MR) is 68.9 cm³/mol. The van der Waals surface area contributed by atoms with Crippen molar-refractivity contribution < 1.29 is 19.6 Å². The highest BCUT2D eigenvalue weighted by Crippen LogP contribution is 2.40. The topological polar surface area (TPSA) is 97.5 Å². The molecule has 0 atom stereocenters. The van der Waals surface area contributed by atoms with Gasteiger partial charge in [0.15, 0.2) is 5.78 Å². The van der Waals surface area contributed by atoms with Crippen LogP contribution in [0.4, 0.5) is 5.69 Å². The molecule has 0 saturated heterocycles. The molecule has 0 aliphatic heterocycles. The van der Waals surface area contributed by atoms with Crippen LogP contribution < -0.4 is 0 Å². The summed E-state index contributed by atoms with van der Waals surface area (Å²) < 4.78 is 0. The third-order valence-corrected chi connectivity index (χ3v) is 3.27. The van der Waals surface area contributed by atoms with Gasteiger partial charge in [-0.3, -0.25) is 14.9 Å². The van der Waals surface area contributed by atoms with Gasteiger partial charge in [0.25, 0.3) is 5.69 Å². The number of carbonyl (C=O) groups excluding carboxylic acids is 1. The number of rotatable bonds is 2. The minimum Gasteiger partial charge on any atom is -0.478 e. The summed E-state index contributed by atoms with van der Waals surface area (Å²) in [5.41, 5.74) is 1.01. The number of ketones is 1. The lowest BCUT2D eigenvalue weighted by Gasteiger charge is -2.04. The molecule has 6 heteroatoms. The van der Waals surface area contributed by atoms with Gasteiger partial charge in [-0.1, -0.05) is 12.1 Å².